The van der Waals surface area contributed by atoms with Crippen molar-refractivity contribution in [3.63, 3.8) is 0 Å². The Morgan fingerprint density at radius 1 is 1.33 bits per heavy atom. The van der Waals surface area contributed by atoms with Gasteiger partial charge in [-0.1, -0.05) is 18.2 Å². The first-order chi connectivity index (χ1) is 10.1. The zero-order valence-corrected chi connectivity index (χ0v) is 11.6. The molecule has 0 spiro atoms. The van der Waals surface area contributed by atoms with Crippen LogP contribution in [0.1, 0.15) is 17.4 Å². The number of aromatic nitrogens is 2. The van der Waals surface area contributed by atoms with Crippen LogP contribution in [0.3, 0.4) is 0 Å². The van der Waals surface area contributed by atoms with E-state index in [9.17, 15) is 13.9 Å². The van der Waals surface area contributed by atoms with Crippen molar-refractivity contribution in [3.8, 4) is 5.75 Å². The van der Waals surface area contributed by atoms with Crippen molar-refractivity contribution >= 4 is 16.3 Å². The summed E-state index contributed by atoms with van der Waals surface area (Å²) in [4.78, 5) is 5.19. The highest BCUT2D eigenvalue weighted by Crippen LogP contribution is 2.28. The number of aliphatic hydroxyl groups is 1. The molecule has 2 heterocycles. The standard InChI is InChI=1S/C14H12F2N2O2S/c15-13(16)20-12-4-2-1-3-10(12)11(19)7-9-8-18-5-6-21-14(18)17-9/h1-6,8,11,13,19H,7H2. The number of alkyl halides is 2. The minimum atomic E-state index is -2.92. The summed E-state index contributed by atoms with van der Waals surface area (Å²) in [5.41, 5.74) is 1.02. The maximum Gasteiger partial charge on any atom is 0.387 e. The largest absolute Gasteiger partial charge is 0.434 e. The molecule has 1 atom stereocenters. The molecule has 1 unspecified atom stereocenters. The molecule has 7 heteroatoms. The van der Waals surface area contributed by atoms with Crippen LogP contribution < -0.4 is 4.74 Å². The third-order valence-electron chi connectivity index (χ3n) is 3.04. The van der Waals surface area contributed by atoms with Crippen LogP contribution in [-0.4, -0.2) is 21.1 Å². The SMILES string of the molecule is OC(Cc1cn2ccsc2n1)c1ccccc1OC(F)F. The number of halogens is 2. The van der Waals surface area contributed by atoms with Gasteiger partial charge in [0.15, 0.2) is 4.96 Å². The van der Waals surface area contributed by atoms with Crippen LogP contribution in [0.25, 0.3) is 4.96 Å². The van der Waals surface area contributed by atoms with Crippen LogP contribution in [0.2, 0.25) is 0 Å². The molecule has 0 bridgehead atoms. The van der Waals surface area contributed by atoms with Gasteiger partial charge in [-0.3, -0.25) is 4.40 Å². The van der Waals surface area contributed by atoms with Crippen LogP contribution in [0.4, 0.5) is 8.78 Å². The van der Waals surface area contributed by atoms with E-state index in [4.69, 9.17) is 0 Å². The first-order valence-electron chi connectivity index (χ1n) is 6.26. The Morgan fingerprint density at radius 2 is 2.14 bits per heavy atom. The quantitative estimate of drug-likeness (QED) is 0.787. The van der Waals surface area contributed by atoms with Crippen molar-refractivity contribution in [1.82, 2.24) is 9.38 Å². The lowest BCUT2D eigenvalue weighted by atomic mass is 10.0. The molecule has 2 aromatic heterocycles. The fourth-order valence-corrected chi connectivity index (χ4v) is 2.86. The van der Waals surface area contributed by atoms with Crippen molar-refractivity contribution in [2.24, 2.45) is 0 Å². The number of benzene rings is 1. The molecule has 0 aliphatic heterocycles. The minimum absolute atomic E-state index is 0.0129. The van der Waals surface area contributed by atoms with Crippen LogP contribution in [0, 0.1) is 0 Å². The Kier molecular flexibility index (Phi) is 3.85. The maximum atomic E-state index is 12.4. The predicted octanol–water partition coefficient (Wildman–Crippen LogP) is 3.27. The third-order valence-corrected chi connectivity index (χ3v) is 3.81. The minimum Gasteiger partial charge on any atom is -0.434 e. The smallest absolute Gasteiger partial charge is 0.387 e. The Morgan fingerprint density at radius 3 is 2.90 bits per heavy atom. The number of aliphatic hydroxyl groups excluding tert-OH is 1. The van der Waals surface area contributed by atoms with Gasteiger partial charge in [0.05, 0.1) is 11.8 Å². The van der Waals surface area contributed by atoms with E-state index in [1.165, 1.54) is 17.4 Å². The zero-order valence-electron chi connectivity index (χ0n) is 10.8. The van der Waals surface area contributed by atoms with E-state index in [2.05, 4.69) is 9.72 Å². The molecule has 0 fully saturated rings. The summed E-state index contributed by atoms with van der Waals surface area (Å²) in [6, 6.07) is 6.24. The van der Waals surface area contributed by atoms with Crippen molar-refractivity contribution in [2.75, 3.05) is 0 Å². The number of imidazole rings is 1. The molecule has 0 radical (unpaired) electrons. The Bertz CT molecular complexity index is 713. The molecule has 110 valence electrons. The van der Waals surface area contributed by atoms with E-state index in [-0.39, 0.29) is 12.2 Å². The second kappa shape index (κ2) is 5.79. The first-order valence-corrected chi connectivity index (χ1v) is 7.14. The van der Waals surface area contributed by atoms with Gasteiger partial charge in [-0.25, -0.2) is 4.98 Å². The van der Waals surface area contributed by atoms with Gasteiger partial charge in [-0.05, 0) is 6.07 Å². The molecular formula is C14H12F2N2O2S. The summed E-state index contributed by atoms with van der Waals surface area (Å²) in [5.74, 6) is -0.0129. The average Bonchev–Trinajstić information content (AvgIpc) is 2.99. The molecule has 1 N–H and O–H groups in total. The monoisotopic (exact) mass is 310 g/mol. The number of thiazole rings is 1. The Balaban J connectivity index is 1.81. The van der Waals surface area contributed by atoms with E-state index >= 15 is 0 Å². The number of fused-ring (bicyclic) bond motifs is 1. The molecule has 3 aromatic rings. The average molecular weight is 310 g/mol. The lowest BCUT2D eigenvalue weighted by Gasteiger charge is -2.14. The zero-order chi connectivity index (χ0) is 14.8. The van der Waals surface area contributed by atoms with E-state index in [1.54, 1.807) is 18.2 Å². The summed E-state index contributed by atoms with van der Waals surface area (Å²) in [6.07, 6.45) is 2.96. The first kappa shape index (κ1) is 14.0. The van der Waals surface area contributed by atoms with Crippen molar-refractivity contribution < 1.29 is 18.6 Å². The molecule has 0 saturated carbocycles. The summed E-state index contributed by atoms with van der Waals surface area (Å²) in [7, 11) is 0. The highest BCUT2D eigenvalue weighted by Gasteiger charge is 2.17. The Hall–Kier alpha value is -1.99. The van der Waals surface area contributed by atoms with Gasteiger partial charge in [-0.2, -0.15) is 8.78 Å². The molecule has 0 amide bonds. The van der Waals surface area contributed by atoms with Gasteiger partial charge < -0.3 is 9.84 Å². The van der Waals surface area contributed by atoms with E-state index in [0.29, 0.717) is 11.3 Å². The maximum absolute atomic E-state index is 12.4. The van der Waals surface area contributed by atoms with Crippen LogP contribution in [0.5, 0.6) is 5.75 Å². The normalized spacial score (nSPS) is 13.0. The lowest BCUT2D eigenvalue weighted by Crippen LogP contribution is -2.08. The van der Waals surface area contributed by atoms with Gasteiger partial charge in [0, 0.05) is 29.8 Å². The van der Waals surface area contributed by atoms with Gasteiger partial charge in [0.2, 0.25) is 0 Å². The highest BCUT2D eigenvalue weighted by atomic mass is 32.1. The summed E-state index contributed by atoms with van der Waals surface area (Å²) >= 11 is 1.49. The number of hydrogen-bond acceptors (Lipinski definition) is 4. The topological polar surface area (TPSA) is 46.8 Å². The lowest BCUT2D eigenvalue weighted by molar-refractivity contribution is -0.0515. The van der Waals surface area contributed by atoms with E-state index in [0.717, 1.165) is 4.96 Å². The molecule has 0 aliphatic rings. The number of ether oxygens (including phenoxy) is 1. The summed E-state index contributed by atoms with van der Waals surface area (Å²) in [6.45, 7) is -2.92. The third kappa shape index (κ3) is 3.03. The second-order valence-electron chi connectivity index (χ2n) is 4.46. The molecular weight excluding hydrogens is 298 g/mol. The van der Waals surface area contributed by atoms with Crippen molar-refractivity contribution in [3.05, 3.63) is 53.3 Å². The molecule has 0 saturated heterocycles. The van der Waals surface area contributed by atoms with Gasteiger partial charge in [0.1, 0.15) is 5.75 Å². The van der Waals surface area contributed by atoms with Crippen molar-refractivity contribution in [2.45, 2.75) is 19.1 Å². The van der Waals surface area contributed by atoms with Gasteiger partial charge >= 0.3 is 6.61 Å². The van der Waals surface area contributed by atoms with Gasteiger partial charge in [0.25, 0.3) is 0 Å². The number of rotatable bonds is 5. The fourth-order valence-electron chi connectivity index (χ4n) is 2.14. The Labute approximate surface area is 123 Å². The predicted molar refractivity (Wildman–Crippen MR) is 74.8 cm³/mol. The summed E-state index contributed by atoms with van der Waals surface area (Å²) < 4.78 is 31.0. The van der Waals surface area contributed by atoms with Crippen LogP contribution in [-0.2, 0) is 6.42 Å². The molecule has 3 rings (SSSR count). The highest BCUT2D eigenvalue weighted by molar-refractivity contribution is 7.15. The number of para-hydroxylation sites is 1. The van der Waals surface area contributed by atoms with E-state index < -0.39 is 12.7 Å². The summed E-state index contributed by atoms with van der Waals surface area (Å²) in [5, 5.41) is 12.2. The molecule has 1 aromatic carbocycles. The number of hydrogen-bond donors (Lipinski definition) is 1. The van der Waals surface area contributed by atoms with Gasteiger partial charge in [-0.15, -0.1) is 11.3 Å². The van der Waals surface area contributed by atoms with Crippen molar-refractivity contribution in [1.29, 1.82) is 0 Å². The van der Waals surface area contributed by atoms with E-state index in [1.807, 2.05) is 22.2 Å². The second-order valence-corrected chi connectivity index (χ2v) is 5.33. The molecule has 0 aliphatic carbocycles. The molecule has 21 heavy (non-hydrogen) atoms. The fraction of sp³-hybridized carbons (Fsp3) is 0.214. The molecule has 4 nitrogen and oxygen atoms in total. The van der Waals surface area contributed by atoms with Crippen LogP contribution >= 0.6 is 11.3 Å². The number of nitrogens with zero attached hydrogens (tertiary/aromatic N) is 2. The van der Waals surface area contributed by atoms with Crippen LogP contribution in [0.15, 0.2) is 42.0 Å².